The highest BCUT2D eigenvalue weighted by molar-refractivity contribution is 5.99. The number of urea groups is 1. The molecule has 4 N–H and O–H groups in total. The summed E-state index contributed by atoms with van der Waals surface area (Å²) in [5, 5.41) is 2.92. The molecule has 1 saturated heterocycles. The molecule has 1 fully saturated rings. The summed E-state index contributed by atoms with van der Waals surface area (Å²) in [6.45, 7) is 0.577. The van der Waals surface area contributed by atoms with Gasteiger partial charge in [0.15, 0.2) is 5.88 Å². The smallest absolute Gasteiger partial charge is 0.329 e. The lowest BCUT2D eigenvalue weighted by atomic mass is 9.94. The van der Waals surface area contributed by atoms with Gasteiger partial charge in [-0.25, -0.2) is 4.79 Å². The number of carbonyl (C=O) groups excluding carboxylic acids is 1. The highest BCUT2D eigenvalue weighted by atomic mass is 16.5. The van der Waals surface area contributed by atoms with Crippen LogP contribution in [-0.4, -0.2) is 35.0 Å². The van der Waals surface area contributed by atoms with Crippen LogP contribution in [0.1, 0.15) is 29.4 Å². The highest BCUT2D eigenvalue weighted by Crippen LogP contribution is 2.36. The molecule has 1 aromatic heterocycles. The molecule has 2 aromatic carbocycles. The standard InChI is InChI=1S/C27H29N5O3/c1-31-24-15-21(29-20-9-7-18(16-28)8-10-20)11-12-22(24)32(27(31)34)23-13-14-25(30-26(23)33)35-17-19-5-3-2-4-6-19/h2-10,12-14,21,24,29H,11,15-17,28H2,1H3,(H,30,33)/i15D2,21D,24D. The van der Waals surface area contributed by atoms with E-state index in [0.29, 0.717) is 12.2 Å². The van der Waals surface area contributed by atoms with Crippen LogP contribution >= 0.6 is 0 Å². The van der Waals surface area contributed by atoms with Crippen LogP contribution in [-0.2, 0) is 13.2 Å². The lowest BCUT2D eigenvalue weighted by Crippen LogP contribution is -2.36. The van der Waals surface area contributed by atoms with Gasteiger partial charge in [-0.1, -0.05) is 48.5 Å². The number of nitrogens with one attached hydrogen (secondary N) is 2. The van der Waals surface area contributed by atoms with E-state index in [0.717, 1.165) is 20.9 Å². The monoisotopic (exact) mass is 475 g/mol. The van der Waals surface area contributed by atoms with Crippen LogP contribution in [0.25, 0.3) is 0 Å². The number of H-pyrrole nitrogens is 1. The Bertz CT molecular complexity index is 1480. The molecule has 1 aliphatic heterocycles. The number of anilines is 2. The number of ether oxygens (including phenoxy) is 1. The number of hydrogen-bond donors (Lipinski definition) is 3. The van der Waals surface area contributed by atoms with Gasteiger partial charge in [0.05, 0.1) is 8.76 Å². The lowest BCUT2D eigenvalue weighted by molar-refractivity contribution is 0.216. The van der Waals surface area contributed by atoms with Gasteiger partial charge in [0, 0.05) is 39.8 Å². The third-order valence-corrected chi connectivity index (χ3v) is 5.89. The molecule has 0 saturated carbocycles. The third-order valence-electron chi connectivity index (χ3n) is 5.89. The Labute approximate surface area is 209 Å². The van der Waals surface area contributed by atoms with Crippen LogP contribution in [0.3, 0.4) is 0 Å². The molecule has 180 valence electrons. The van der Waals surface area contributed by atoms with Gasteiger partial charge in [0.25, 0.3) is 5.56 Å². The second kappa shape index (κ2) is 9.68. The first-order chi connectivity index (χ1) is 18.5. The Kier molecular flexibility index (Phi) is 5.06. The summed E-state index contributed by atoms with van der Waals surface area (Å²) < 4.78 is 41.9. The zero-order chi connectivity index (χ0) is 28.0. The zero-order valence-corrected chi connectivity index (χ0v) is 19.2. The van der Waals surface area contributed by atoms with Crippen LogP contribution in [0.15, 0.2) is 83.3 Å². The first-order valence-electron chi connectivity index (χ1n) is 13.3. The van der Waals surface area contributed by atoms with Crippen molar-refractivity contribution >= 4 is 17.4 Å². The van der Waals surface area contributed by atoms with Crippen molar-refractivity contribution in [1.82, 2.24) is 9.88 Å². The summed E-state index contributed by atoms with van der Waals surface area (Å²) in [6.07, 6.45) is -1.28. The minimum Gasteiger partial charge on any atom is -0.474 e. The molecule has 0 bridgehead atoms. The summed E-state index contributed by atoms with van der Waals surface area (Å²) in [7, 11) is 1.30. The number of rotatable bonds is 7. The van der Waals surface area contributed by atoms with E-state index < -0.39 is 30.0 Å². The number of aromatic amines is 1. The largest absolute Gasteiger partial charge is 0.474 e. The highest BCUT2D eigenvalue weighted by Gasteiger charge is 2.44. The topological polar surface area (TPSA) is 104 Å². The minimum atomic E-state index is -2.60. The van der Waals surface area contributed by atoms with Crippen LogP contribution in [0.2, 0.25) is 0 Å². The normalized spacial score (nSPS) is 26.7. The first-order valence-corrected chi connectivity index (χ1v) is 11.3. The molecule has 35 heavy (non-hydrogen) atoms. The Morgan fingerprint density at radius 3 is 2.60 bits per heavy atom. The minimum absolute atomic E-state index is 0.0217. The molecule has 2 amide bonds. The number of fused-ring (bicyclic) bond motifs is 1. The number of carbonyl (C=O) groups is 1. The maximum absolute atomic E-state index is 13.4. The van der Waals surface area contributed by atoms with Crippen LogP contribution in [0.5, 0.6) is 5.88 Å². The first kappa shape index (κ1) is 18.3. The van der Waals surface area contributed by atoms with Crippen LogP contribution in [0, 0.1) is 0 Å². The number of pyridine rings is 1. The van der Waals surface area contributed by atoms with Gasteiger partial charge in [-0.2, -0.15) is 0 Å². The SMILES string of the molecule is [2H]C1(Nc2ccc(CN)cc2)CC=C2N(c3ccc(OCc4ccccc4)[nH]c3=O)C(=O)N(C)C2([2H])C1([2H])[2H]. The van der Waals surface area contributed by atoms with Gasteiger partial charge in [0.2, 0.25) is 0 Å². The van der Waals surface area contributed by atoms with Gasteiger partial charge >= 0.3 is 6.03 Å². The molecule has 2 atom stereocenters. The summed E-state index contributed by atoms with van der Waals surface area (Å²) in [6, 6.07) is 14.2. The summed E-state index contributed by atoms with van der Waals surface area (Å²) in [4.78, 5) is 31.0. The third kappa shape index (κ3) is 4.65. The van der Waals surface area contributed by atoms with Crippen molar-refractivity contribution in [1.29, 1.82) is 0 Å². The summed E-state index contributed by atoms with van der Waals surface area (Å²) >= 11 is 0. The Hall–Kier alpha value is -4.04. The fourth-order valence-corrected chi connectivity index (χ4v) is 4.01. The molecule has 1 aliphatic carbocycles. The van der Waals surface area contributed by atoms with Crippen LogP contribution in [0.4, 0.5) is 16.2 Å². The maximum Gasteiger partial charge on any atom is 0.329 e. The second-order valence-electron chi connectivity index (χ2n) is 8.26. The van der Waals surface area contributed by atoms with E-state index in [4.69, 9.17) is 14.6 Å². The van der Waals surface area contributed by atoms with Crippen molar-refractivity contribution < 1.29 is 15.0 Å². The Morgan fingerprint density at radius 2 is 1.89 bits per heavy atom. The second-order valence-corrected chi connectivity index (χ2v) is 8.26. The summed E-state index contributed by atoms with van der Waals surface area (Å²) in [5.74, 6) is 0.202. The quantitative estimate of drug-likeness (QED) is 0.482. The number of nitrogens with two attached hydrogens (primary N) is 1. The number of benzene rings is 2. The molecule has 2 aliphatic rings. The van der Waals surface area contributed by atoms with Gasteiger partial charge in [-0.05, 0) is 42.1 Å². The molecule has 8 heteroatoms. The van der Waals surface area contributed by atoms with Crippen molar-refractivity contribution in [3.8, 4) is 5.88 Å². The molecule has 3 aromatic rings. The van der Waals surface area contributed by atoms with Crippen molar-refractivity contribution in [2.45, 2.75) is 38.0 Å². The molecule has 0 spiro atoms. The van der Waals surface area contributed by atoms with E-state index in [1.807, 2.05) is 30.3 Å². The van der Waals surface area contributed by atoms with E-state index in [2.05, 4.69) is 10.3 Å². The van der Waals surface area contributed by atoms with Crippen molar-refractivity contribution in [2.24, 2.45) is 5.73 Å². The molecule has 0 radical (unpaired) electrons. The molecule has 2 heterocycles. The van der Waals surface area contributed by atoms with E-state index in [-0.39, 0.29) is 30.3 Å². The van der Waals surface area contributed by atoms with Gasteiger partial charge in [-0.3, -0.25) is 14.7 Å². The molecule has 8 nitrogen and oxygen atoms in total. The van der Waals surface area contributed by atoms with Crippen molar-refractivity contribution in [3.63, 3.8) is 0 Å². The summed E-state index contributed by atoms with van der Waals surface area (Å²) in [5.41, 5.74) is 7.20. The van der Waals surface area contributed by atoms with Gasteiger partial charge < -0.3 is 20.7 Å². The average molecular weight is 476 g/mol. The predicted molar refractivity (Wildman–Crippen MR) is 136 cm³/mol. The maximum atomic E-state index is 13.4. The molecule has 5 rings (SSSR count). The number of amides is 2. The predicted octanol–water partition coefficient (Wildman–Crippen LogP) is 3.81. The van der Waals surface area contributed by atoms with Crippen LogP contribution < -0.4 is 26.2 Å². The fraction of sp³-hybridized carbons (Fsp3) is 0.259. The number of likely N-dealkylation sites (N-methyl/N-ethyl adjacent to an activating group) is 1. The van der Waals surface area contributed by atoms with E-state index in [1.54, 1.807) is 24.3 Å². The van der Waals surface area contributed by atoms with E-state index in [9.17, 15) is 11.0 Å². The van der Waals surface area contributed by atoms with Crippen molar-refractivity contribution in [3.05, 3.63) is 100.0 Å². The average Bonchev–Trinajstić information content (AvgIpc) is 3.13. The number of hydrogen-bond acceptors (Lipinski definition) is 5. The van der Waals surface area contributed by atoms with Gasteiger partial charge in [0.1, 0.15) is 12.3 Å². The number of aromatic nitrogens is 1. The zero-order valence-electron chi connectivity index (χ0n) is 23.2. The van der Waals surface area contributed by atoms with E-state index in [1.165, 1.54) is 25.3 Å². The lowest BCUT2D eigenvalue weighted by Gasteiger charge is -2.30. The molecule has 2 unspecified atom stereocenters. The fourth-order valence-electron chi connectivity index (χ4n) is 4.01. The van der Waals surface area contributed by atoms with Crippen molar-refractivity contribution in [2.75, 3.05) is 17.3 Å². The van der Waals surface area contributed by atoms with E-state index >= 15 is 0 Å². The molecular formula is C27H29N5O3. The Balaban J connectivity index is 1.45. The number of nitrogens with zero attached hydrogens (tertiary/aromatic N) is 2. The Morgan fingerprint density at radius 1 is 1.11 bits per heavy atom. The molecular weight excluding hydrogens is 442 g/mol. The van der Waals surface area contributed by atoms with Gasteiger partial charge in [-0.15, -0.1) is 0 Å².